The molecule has 2 aliphatic rings. The summed E-state index contributed by atoms with van der Waals surface area (Å²) in [6, 6.07) is 6.21. The second-order valence-corrected chi connectivity index (χ2v) is 6.73. The molecule has 0 bridgehead atoms. The molecular weight excluding hydrogens is 354 g/mol. The van der Waals surface area contributed by atoms with Crippen molar-refractivity contribution in [1.29, 1.82) is 0 Å². The first-order chi connectivity index (χ1) is 12.1. The van der Waals surface area contributed by atoms with Crippen molar-refractivity contribution in [1.82, 2.24) is 20.3 Å². The van der Waals surface area contributed by atoms with Crippen LogP contribution in [-0.4, -0.2) is 47.1 Å². The number of carbonyl (C=O) groups is 1. The Morgan fingerprint density at radius 2 is 2.04 bits per heavy atom. The molecule has 2 aliphatic heterocycles. The van der Waals surface area contributed by atoms with Crippen molar-refractivity contribution < 1.29 is 9.53 Å². The number of carbonyl (C=O) groups excluding carboxylic acids is 1. The molecule has 1 aromatic carbocycles. The minimum atomic E-state index is -0.105. The predicted molar refractivity (Wildman–Crippen MR) is 101 cm³/mol. The van der Waals surface area contributed by atoms with Gasteiger partial charge >= 0.3 is 0 Å². The summed E-state index contributed by atoms with van der Waals surface area (Å²) in [5, 5.41) is 11.9. The van der Waals surface area contributed by atoms with E-state index >= 15 is 0 Å². The molecule has 0 atom stereocenters. The molecule has 8 heteroatoms. The van der Waals surface area contributed by atoms with Crippen molar-refractivity contribution in [2.24, 2.45) is 0 Å². The van der Waals surface area contributed by atoms with Gasteiger partial charge in [0.2, 0.25) is 0 Å². The Labute approximate surface area is 159 Å². The van der Waals surface area contributed by atoms with Crippen molar-refractivity contribution >= 4 is 24.0 Å². The molecule has 0 aliphatic carbocycles. The van der Waals surface area contributed by atoms with E-state index in [0.29, 0.717) is 24.9 Å². The van der Waals surface area contributed by atoms with Gasteiger partial charge in [0.25, 0.3) is 5.91 Å². The van der Waals surface area contributed by atoms with Gasteiger partial charge in [-0.25, -0.2) is 4.68 Å². The van der Waals surface area contributed by atoms with Gasteiger partial charge in [-0.05, 0) is 57.5 Å². The average Bonchev–Trinajstić information content (AvgIpc) is 3.02. The Morgan fingerprint density at radius 3 is 2.81 bits per heavy atom. The zero-order valence-corrected chi connectivity index (χ0v) is 15.9. The first-order valence-corrected chi connectivity index (χ1v) is 8.83. The van der Waals surface area contributed by atoms with Gasteiger partial charge in [0.1, 0.15) is 12.4 Å². The first kappa shape index (κ1) is 18.7. The Morgan fingerprint density at radius 1 is 1.27 bits per heavy atom. The summed E-state index contributed by atoms with van der Waals surface area (Å²) in [6.45, 7) is 6.91. The van der Waals surface area contributed by atoms with E-state index in [-0.39, 0.29) is 18.3 Å². The quantitative estimate of drug-likeness (QED) is 0.869. The molecule has 4 rings (SSSR count). The third kappa shape index (κ3) is 3.29. The number of aryl methyl sites for hydroxylation is 1. The fourth-order valence-electron chi connectivity index (χ4n) is 3.60. The number of hydrogen-bond donors (Lipinski definition) is 1. The summed E-state index contributed by atoms with van der Waals surface area (Å²) in [7, 11) is 0. The van der Waals surface area contributed by atoms with Crippen LogP contribution in [0.1, 0.15) is 40.6 Å². The number of piperidine rings is 1. The molecule has 7 nitrogen and oxygen atoms in total. The van der Waals surface area contributed by atoms with E-state index in [1.54, 1.807) is 4.90 Å². The number of nitrogens with zero attached hydrogens (tertiary/aromatic N) is 4. The maximum absolute atomic E-state index is 13.1. The standard InChI is InChI=1S/C18H23N5O2.ClH/c1-12-3-4-15-16(11-12)25-10-9-22(15)18(24)17-13(2)23(21-20-17)14-5-7-19-8-6-14;/h3-4,11,14,19H,5-10H2,1-2H3;1H. The van der Waals surface area contributed by atoms with Gasteiger partial charge < -0.3 is 10.1 Å². The Kier molecular flexibility index (Phi) is 5.48. The molecule has 0 spiro atoms. The first-order valence-electron chi connectivity index (χ1n) is 8.83. The van der Waals surface area contributed by atoms with Gasteiger partial charge in [-0.2, -0.15) is 0 Å². The van der Waals surface area contributed by atoms with E-state index in [4.69, 9.17) is 4.74 Å². The highest BCUT2D eigenvalue weighted by Crippen LogP contribution is 2.33. The van der Waals surface area contributed by atoms with Crippen molar-refractivity contribution in [2.45, 2.75) is 32.7 Å². The number of benzene rings is 1. The van der Waals surface area contributed by atoms with Crippen LogP contribution in [0, 0.1) is 13.8 Å². The molecular formula is C18H24ClN5O2. The van der Waals surface area contributed by atoms with Crippen molar-refractivity contribution in [3.63, 3.8) is 0 Å². The highest BCUT2D eigenvalue weighted by atomic mass is 35.5. The van der Waals surface area contributed by atoms with Crippen LogP contribution in [0.2, 0.25) is 0 Å². The van der Waals surface area contributed by atoms with E-state index in [1.807, 2.05) is 36.7 Å². The number of rotatable bonds is 2. The van der Waals surface area contributed by atoms with E-state index in [2.05, 4.69) is 15.6 Å². The Bertz CT molecular complexity index is 801. The zero-order valence-electron chi connectivity index (χ0n) is 15.1. The number of aromatic nitrogens is 3. The number of fused-ring (bicyclic) bond motifs is 1. The van der Waals surface area contributed by atoms with Crippen LogP contribution in [0.3, 0.4) is 0 Å². The molecule has 0 radical (unpaired) electrons. The summed E-state index contributed by atoms with van der Waals surface area (Å²) >= 11 is 0. The van der Waals surface area contributed by atoms with Crippen LogP contribution in [0.5, 0.6) is 5.75 Å². The predicted octanol–water partition coefficient (Wildman–Crippen LogP) is 2.28. The van der Waals surface area contributed by atoms with Gasteiger partial charge in [-0.1, -0.05) is 11.3 Å². The normalized spacial score (nSPS) is 17.2. The maximum atomic E-state index is 13.1. The van der Waals surface area contributed by atoms with Gasteiger partial charge in [0.05, 0.1) is 24.0 Å². The van der Waals surface area contributed by atoms with Crippen LogP contribution < -0.4 is 15.0 Å². The molecule has 1 aromatic heterocycles. The molecule has 1 saturated heterocycles. The van der Waals surface area contributed by atoms with E-state index in [9.17, 15) is 4.79 Å². The minimum Gasteiger partial charge on any atom is -0.490 e. The van der Waals surface area contributed by atoms with Crippen LogP contribution in [0.25, 0.3) is 0 Å². The average molecular weight is 378 g/mol. The largest absolute Gasteiger partial charge is 0.490 e. The summed E-state index contributed by atoms with van der Waals surface area (Å²) in [5.74, 6) is 0.647. The Balaban J connectivity index is 0.00000196. The summed E-state index contributed by atoms with van der Waals surface area (Å²) < 4.78 is 7.63. The Hall–Kier alpha value is -2.12. The lowest BCUT2D eigenvalue weighted by Gasteiger charge is -2.29. The topological polar surface area (TPSA) is 72.3 Å². The second kappa shape index (κ2) is 7.63. The highest BCUT2D eigenvalue weighted by Gasteiger charge is 2.29. The lowest BCUT2D eigenvalue weighted by atomic mass is 10.1. The monoisotopic (exact) mass is 377 g/mol. The van der Waals surface area contributed by atoms with Crippen LogP contribution >= 0.6 is 12.4 Å². The zero-order chi connectivity index (χ0) is 17.4. The van der Waals surface area contributed by atoms with Crippen molar-refractivity contribution in [3.05, 3.63) is 35.2 Å². The summed E-state index contributed by atoms with van der Waals surface area (Å²) in [6.07, 6.45) is 2.02. The fourth-order valence-corrected chi connectivity index (χ4v) is 3.60. The molecule has 1 N–H and O–H groups in total. The number of anilines is 1. The van der Waals surface area contributed by atoms with Gasteiger partial charge in [-0.15, -0.1) is 17.5 Å². The smallest absolute Gasteiger partial charge is 0.280 e. The van der Waals surface area contributed by atoms with Gasteiger partial charge in [-0.3, -0.25) is 9.69 Å². The highest BCUT2D eigenvalue weighted by molar-refractivity contribution is 6.06. The third-order valence-electron chi connectivity index (χ3n) is 5.01. The minimum absolute atomic E-state index is 0. The van der Waals surface area contributed by atoms with Crippen LogP contribution in [0.15, 0.2) is 18.2 Å². The number of hydrogen-bond acceptors (Lipinski definition) is 5. The molecule has 3 heterocycles. The van der Waals surface area contributed by atoms with Crippen LogP contribution in [0.4, 0.5) is 5.69 Å². The molecule has 0 saturated carbocycles. The second-order valence-electron chi connectivity index (χ2n) is 6.73. The molecule has 2 aromatic rings. The van der Waals surface area contributed by atoms with E-state index in [0.717, 1.165) is 48.6 Å². The van der Waals surface area contributed by atoms with Crippen LogP contribution in [-0.2, 0) is 0 Å². The number of nitrogens with one attached hydrogen (secondary N) is 1. The number of ether oxygens (including phenoxy) is 1. The number of amides is 1. The third-order valence-corrected chi connectivity index (χ3v) is 5.01. The molecule has 1 amide bonds. The van der Waals surface area contributed by atoms with E-state index in [1.165, 1.54) is 0 Å². The van der Waals surface area contributed by atoms with E-state index < -0.39 is 0 Å². The molecule has 1 fully saturated rings. The lowest BCUT2D eigenvalue weighted by Crippen LogP contribution is -2.38. The van der Waals surface area contributed by atoms with Crippen molar-refractivity contribution in [3.8, 4) is 5.75 Å². The lowest BCUT2D eigenvalue weighted by molar-refractivity contribution is 0.0971. The molecule has 0 unspecified atom stereocenters. The molecule has 26 heavy (non-hydrogen) atoms. The molecule has 140 valence electrons. The summed E-state index contributed by atoms with van der Waals surface area (Å²) in [4.78, 5) is 14.9. The SMILES string of the molecule is Cc1ccc2c(c1)OCCN2C(=O)c1nnn(C2CCNCC2)c1C.Cl. The number of halogens is 1. The van der Waals surface area contributed by atoms with Gasteiger partial charge in [0.15, 0.2) is 5.69 Å². The van der Waals surface area contributed by atoms with Crippen molar-refractivity contribution in [2.75, 3.05) is 31.1 Å². The maximum Gasteiger partial charge on any atom is 0.280 e. The fraction of sp³-hybridized carbons (Fsp3) is 0.500. The van der Waals surface area contributed by atoms with Gasteiger partial charge in [0, 0.05) is 0 Å². The summed E-state index contributed by atoms with van der Waals surface area (Å²) in [5.41, 5.74) is 3.20.